The number of halogens is 1. The molecule has 1 rings (SSSR count). The first-order valence-electron chi connectivity index (χ1n) is 4.49. The predicted molar refractivity (Wildman–Crippen MR) is 47.6 cm³/mol. The molecule has 2 atom stereocenters. The largest absolute Gasteiger partial charge is 0.396 e. The summed E-state index contributed by atoms with van der Waals surface area (Å²) in [6.45, 7) is 2.93. The van der Waals surface area contributed by atoms with Crippen LogP contribution in [0.1, 0.15) is 13.3 Å². The third-order valence-electron chi connectivity index (χ3n) is 2.04. The van der Waals surface area contributed by atoms with E-state index >= 15 is 0 Å². The second kappa shape index (κ2) is 5.21. The molecule has 1 fully saturated rings. The van der Waals surface area contributed by atoms with Gasteiger partial charge in [0.2, 0.25) is 5.56 Å². The van der Waals surface area contributed by atoms with Gasteiger partial charge in [-0.25, -0.2) is 5.21 Å². The zero-order valence-corrected chi connectivity index (χ0v) is 8.76. The molecule has 1 aliphatic rings. The maximum Gasteiger partial charge on any atom is 0.275 e. The van der Waals surface area contributed by atoms with Crippen molar-refractivity contribution in [2.45, 2.75) is 18.9 Å². The molecule has 1 aliphatic heterocycles. The van der Waals surface area contributed by atoms with Crippen molar-refractivity contribution < 1.29 is 20.1 Å². The highest BCUT2D eigenvalue weighted by atomic mass is 35.5. The minimum atomic E-state index is -0.583. The average Bonchev–Trinajstić information content (AvgIpc) is 2.62. The highest BCUT2D eigenvalue weighted by Gasteiger charge is 2.30. The van der Waals surface area contributed by atoms with Crippen LogP contribution in [0.3, 0.4) is 0 Å². The summed E-state index contributed by atoms with van der Waals surface area (Å²) >= 11 is 5.47. The maximum absolute atomic E-state index is 9.34. The zero-order chi connectivity index (χ0) is 10.6. The second-order valence-corrected chi connectivity index (χ2v) is 3.86. The monoisotopic (exact) mass is 224 g/mol. The first kappa shape index (κ1) is 11.3. The van der Waals surface area contributed by atoms with Crippen molar-refractivity contribution in [2.24, 2.45) is 11.2 Å². The summed E-state index contributed by atoms with van der Waals surface area (Å²) in [6.07, 6.45) is 0.833. The average molecular weight is 225 g/mol. The minimum absolute atomic E-state index is 0.122. The summed E-state index contributed by atoms with van der Waals surface area (Å²) in [7, 11) is 0. The Kier molecular flexibility index (Phi) is 4.21. The van der Waals surface area contributed by atoms with Crippen LogP contribution in [0.15, 0.2) is 5.28 Å². The molecule has 0 bridgehead atoms. The Morgan fingerprint density at radius 1 is 1.79 bits per heavy atom. The molecule has 14 heavy (non-hydrogen) atoms. The number of hydrogen-bond acceptors (Lipinski definition) is 3. The molecule has 0 amide bonds. The van der Waals surface area contributed by atoms with E-state index in [0.717, 1.165) is 6.42 Å². The Morgan fingerprint density at radius 3 is 3.00 bits per heavy atom. The van der Waals surface area contributed by atoms with E-state index in [0.29, 0.717) is 18.1 Å². The number of hydrogen-bond donors (Lipinski definition) is 2. The lowest BCUT2D eigenvalue weighted by molar-refractivity contribution is -0.940. The summed E-state index contributed by atoms with van der Waals surface area (Å²) in [6, 6.07) is 0. The molecule has 0 saturated carbocycles. The van der Waals surface area contributed by atoms with E-state index in [9.17, 15) is 5.21 Å². The molecule has 82 valence electrons. The minimum Gasteiger partial charge on any atom is -0.396 e. The van der Waals surface area contributed by atoms with Gasteiger partial charge in [0.1, 0.15) is 0 Å². The predicted octanol–water partition coefficient (Wildman–Crippen LogP) is 0.586. The fourth-order valence-corrected chi connectivity index (χ4v) is 1.32. The van der Waals surface area contributed by atoms with Gasteiger partial charge in [0.25, 0.3) is 10.2 Å². The molecule has 1 saturated heterocycles. The third kappa shape index (κ3) is 3.19. The number of alkyl halides is 1. The maximum atomic E-state index is 9.34. The Morgan fingerprint density at radius 2 is 2.50 bits per heavy atom. The highest BCUT2D eigenvalue weighted by molar-refractivity contribution is 6.19. The Bertz CT molecular complexity index is 212. The van der Waals surface area contributed by atoms with Gasteiger partial charge >= 0.3 is 0 Å². The van der Waals surface area contributed by atoms with Crippen LogP contribution in [0.25, 0.3) is 0 Å². The van der Waals surface area contributed by atoms with Gasteiger partial charge in [0.05, 0.1) is 13.1 Å². The summed E-state index contributed by atoms with van der Waals surface area (Å²) in [5.41, 5.74) is -0.583. The van der Waals surface area contributed by atoms with Gasteiger partial charge in [-0.15, -0.1) is 5.01 Å². The fraction of sp³-hybridized carbons (Fsp3) is 1.00. The number of nitrogens with zero attached hydrogens (tertiary/aromatic N) is 3. The van der Waals surface area contributed by atoms with Crippen LogP contribution in [0, 0.1) is 5.92 Å². The van der Waals surface area contributed by atoms with Gasteiger partial charge in [-0.1, -0.05) is 11.6 Å². The molecule has 2 N–H and O–H groups in total. The first-order valence-corrected chi connectivity index (χ1v) is 4.92. The zero-order valence-electron chi connectivity index (χ0n) is 8.01. The van der Waals surface area contributed by atoms with Crippen molar-refractivity contribution in [3.05, 3.63) is 0 Å². The molecule has 0 spiro atoms. The standard InChI is InChI=1S/C7H15ClN3O3/c1-6(8)14-9-11(13)10-3-2-7(4-10)5-12/h6-7,12H,2-5H2,1H3,(H,9,13)/q+1. The molecule has 7 heteroatoms. The lowest BCUT2D eigenvalue weighted by Crippen LogP contribution is -2.30. The van der Waals surface area contributed by atoms with Crippen molar-refractivity contribution in [3.63, 3.8) is 0 Å². The van der Waals surface area contributed by atoms with Crippen LogP contribution >= 0.6 is 11.6 Å². The van der Waals surface area contributed by atoms with Crippen molar-refractivity contribution in [1.29, 1.82) is 0 Å². The van der Waals surface area contributed by atoms with Crippen LogP contribution in [-0.4, -0.2) is 45.6 Å². The van der Waals surface area contributed by atoms with Crippen molar-refractivity contribution >= 4 is 11.6 Å². The summed E-state index contributed by atoms with van der Waals surface area (Å²) in [4.78, 5) is 5.28. The Labute approximate surface area is 87.2 Å². The molecule has 1 heterocycles. The van der Waals surface area contributed by atoms with Crippen LogP contribution in [0.5, 0.6) is 0 Å². The van der Waals surface area contributed by atoms with Crippen molar-refractivity contribution in [1.82, 2.24) is 5.01 Å². The van der Waals surface area contributed by atoms with Crippen LogP contribution in [0.2, 0.25) is 0 Å². The SMILES string of the molecule is CC(Cl)O/N=[N+](\O)N1CCC(CO)C1. The lowest BCUT2D eigenvalue weighted by atomic mass is 10.1. The van der Waals surface area contributed by atoms with Crippen molar-refractivity contribution in [2.75, 3.05) is 19.7 Å². The Balaban J connectivity index is 2.38. The van der Waals surface area contributed by atoms with Gasteiger partial charge in [0, 0.05) is 12.5 Å². The second-order valence-electron chi connectivity index (χ2n) is 3.25. The molecule has 0 aliphatic carbocycles. The number of rotatable bonds is 4. The smallest absolute Gasteiger partial charge is 0.275 e. The molecular weight excluding hydrogens is 210 g/mol. The quantitative estimate of drug-likeness (QED) is 0.317. The van der Waals surface area contributed by atoms with E-state index < -0.39 is 5.56 Å². The van der Waals surface area contributed by atoms with E-state index in [1.165, 1.54) is 0 Å². The van der Waals surface area contributed by atoms with E-state index in [-0.39, 0.29) is 12.5 Å². The summed E-state index contributed by atoms with van der Waals surface area (Å²) < 4.78 is 0. The van der Waals surface area contributed by atoms with Crippen molar-refractivity contribution in [3.8, 4) is 0 Å². The van der Waals surface area contributed by atoms with Gasteiger partial charge < -0.3 is 9.94 Å². The molecule has 6 nitrogen and oxygen atoms in total. The van der Waals surface area contributed by atoms with Crippen LogP contribution in [0.4, 0.5) is 0 Å². The molecule has 0 aromatic carbocycles. The topological polar surface area (TPSA) is 68.3 Å². The highest BCUT2D eigenvalue weighted by Crippen LogP contribution is 2.15. The van der Waals surface area contributed by atoms with E-state index in [1.54, 1.807) is 11.9 Å². The molecular formula is C7H15ClN3O3+. The van der Waals surface area contributed by atoms with E-state index in [1.807, 2.05) is 0 Å². The molecule has 0 aromatic rings. The summed E-state index contributed by atoms with van der Waals surface area (Å²) in [5, 5.41) is 23.2. The molecule has 0 aromatic heterocycles. The number of aliphatic hydroxyl groups is 1. The fourth-order valence-electron chi connectivity index (χ4n) is 1.28. The molecule has 2 unspecified atom stereocenters. The van der Waals surface area contributed by atoms with E-state index in [4.69, 9.17) is 16.7 Å². The van der Waals surface area contributed by atoms with Gasteiger partial charge in [-0.3, -0.25) is 0 Å². The van der Waals surface area contributed by atoms with Crippen LogP contribution in [-0.2, 0) is 4.84 Å². The molecule has 0 radical (unpaired) electrons. The van der Waals surface area contributed by atoms with E-state index in [2.05, 4.69) is 10.1 Å². The summed E-state index contributed by atoms with van der Waals surface area (Å²) in [5.74, 6) is 0.188. The van der Waals surface area contributed by atoms with Crippen LogP contribution < -0.4 is 0 Å². The van der Waals surface area contributed by atoms with Gasteiger partial charge in [-0.05, 0) is 13.3 Å². The lowest BCUT2D eigenvalue weighted by Gasteiger charge is -2.04. The normalized spacial score (nSPS) is 25.2. The number of hydrazine groups is 1. The van der Waals surface area contributed by atoms with Gasteiger partial charge in [-0.2, -0.15) is 0 Å². The number of aliphatic hydroxyl groups excluding tert-OH is 1. The third-order valence-corrected chi connectivity index (χ3v) is 2.12. The van der Waals surface area contributed by atoms with Gasteiger partial charge in [0.15, 0.2) is 0 Å². The first-order chi connectivity index (χ1) is 6.63. The Hall–Kier alpha value is -0.750.